The van der Waals surface area contributed by atoms with Crippen LogP contribution >= 0.6 is 7.92 Å². The second-order valence-electron chi connectivity index (χ2n) is 5.85. The second-order valence-corrected chi connectivity index (χ2v) is 7.98. The van der Waals surface area contributed by atoms with E-state index in [0.29, 0.717) is 6.04 Å². The first-order chi connectivity index (χ1) is 10.6. The van der Waals surface area contributed by atoms with Crippen LogP contribution in [0.15, 0.2) is 65.7 Å². The molecule has 0 aromatic heterocycles. The molecule has 2 aromatic rings. The largest absolute Gasteiger partial charge is 0.367 e. The van der Waals surface area contributed by atoms with Gasteiger partial charge in [-0.2, -0.15) is 0 Å². The number of benzene rings is 2. The summed E-state index contributed by atoms with van der Waals surface area (Å²) < 4.78 is 0. The number of hydrogen-bond acceptors (Lipinski definition) is 1. The summed E-state index contributed by atoms with van der Waals surface area (Å²) in [7, 11) is -0.640. The molecule has 0 aliphatic heterocycles. The molecular formula is C19H25N2P. The summed E-state index contributed by atoms with van der Waals surface area (Å²) in [4.78, 5) is 4.90. The van der Waals surface area contributed by atoms with Gasteiger partial charge in [0.05, 0.1) is 0 Å². The molecule has 0 radical (unpaired) electrons. The van der Waals surface area contributed by atoms with Crippen LogP contribution in [0.1, 0.15) is 27.7 Å². The minimum absolute atomic E-state index is 0.277. The number of hydrogen-bond donors (Lipinski definition) is 1. The van der Waals surface area contributed by atoms with E-state index in [1.165, 1.54) is 10.6 Å². The lowest BCUT2D eigenvalue weighted by Crippen LogP contribution is -2.34. The Balaban J connectivity index is 2.51. The van der Waals surface area contributed by atoms with Crippen molar-refractivity contribution in [2.75, 3.05) is 0 Å². The van der Waals surface area contributed by atoms with Gasteiger partial charge in [-0.3, -0.25) is 4.99 Å². The summed E-state index contributed by atoms with van der Waals surface area (Å²) in [5, 5.41) is 6.25. The highest BCUT2D eigenvalue weighted by Gasteiger charge is 2.21. The topological polar surface area (TPSA) is 24.4 Å². The zero-order valence-electron chi connectivity index (χ0n) is 13.8. The van der Waals surface area contributed by atoms with Crippen molar-refractivity contribution in [3.8, 4) is 0 Å². The van der Waals surface area contributed by atoms with Crippen molar-refractivity contribution >= 4 is 24.1 Å². The smallest absolute Gasteiger partial charge is 0.129 e. The lowest BCUT2D eigenvalue weighted by atomic mass is 10.4. The van der Waals surface area contributed by atoms with Gasteiger partial charge in [0.15, 0.2) is 0 Å². The van der Waals surface area contributed by atoms with Crippen molar-refractivity contribution in [2.45, 2.75) is 39.8 Å². The van der Waals surface area contributed by atoms with Gasteiger partial charge in [0.2, 0.25) is 0 Å². The van der Waals surface area contributed by atoms with Crippen LogP contribution in [-0.2, 0) is 0 Å². The van der Waals surface area contributed by atoms with Crippen molar-refractivity contribution in [3.63, 3.8) is 0 Å². The number of aliphatic imine (C=N–C) groups is 1. The summed E-state index contributed by atoms with van der Waals surface area (Å²) in [6.45, 7) is 8.59. The van der Waals surface area contributed by atoms with Gasteiger partial charge in [0.25, 0.3) is 0 Å². The Hall–Kier alpha value is -1.66. The van der Waals surface area contributed by atoms with Crippen molar-refractivity contribution in [3.05, 3.63) is 60.7 Å². The summed E-state index contributed by atoms with van der Waals surface area (Å²) in [6.07, 6.45) is 0. The highest BCUT2D eigenvalue weighted by Crippen LogP contribution is 2.35. The normalized spacial score (nSPS) is 12.2. The average Bonchev–Trinajstić information content (AvgIpc) is 2.48. The van der Waals surface area contributed by atoms with Crippen molar-refractivity contribution < 1.29 is 0 Å². The maximum Gasteiger partial charge on any atom is 0.129 e. The highest BCUT2D eigenvalue weighted by molar-refractivity contribution is 7.88. The third-order valence-electron chi connectivity index (χ3n) is 3.04. The van der Waals surface area contributed by atoms with Crippen LogP contribution in [0, 0.1) is 0 Å². The molecule has 0 saturated heterocycles. The van der Waals surface area contributed by atoms with E-state index < -0.39 is 7.92 Å². The maximum absolute atomic E-state index is 4.90. The number of nitrogens with one attached hydrogen (secondary N) is 1. The second kappa shape index (κ2) is 8.10. The van der Waals surface area contributed by atoms with Crippen LogP contribution < -0.4 is 15.9 Å². The lowest BCUT2D eigenvalue weighted by molar-refractivity contribution is 0.727. The van der Waals surface area contributed by atoms with E-state index in [2.05, 4.69) is 93.7 Å². The van der Waals surface area contributed by atoms with E-state index in [0.717, 1.165) is 5.58 Å². The molecule has 0 atom stereocenters. The fourth-order valence-corrected chi connectivity index (χ4v) is 4.67. The van der Waals surface area contributed by atoms with Crippen LogP contribution in [0.5, 0.6) is 0 Å². The molecule has 0 spiro atoms. The average molecular weight is 312 g/mol. The lowest BCUT2D eigenvalue weighted by Gasteiger charge is -2.24. The molecule has 0 unspecified atom stereocenters. The van der Waals surface area contributed by atoms with E-state index in [9.17, 15) is 0 Å². The van der Waals surface area contributed by atoms with Crippen LogP contribution in [0.25, 0.3) is 0 Å². The quantitative estimate of drug-likeness (QED) is 0.506. The van der Waals surface area contributed by atoms with Gasteiger partial charge >= 0.3 is 0 Å². The molecule has 2 nitrogen and oxygen atoms in total. The van der Waals surface area contributed by atoms with Gasteiger partial charge in [-0.05, 0) is 38.3 Å². The maximum atomic E-state index is 4.90. The van der Waals surface area contributed by atoms with Crippen molar-refractivity contribution in [1.29, 1.82) is 0 Å². The molecule has 0 heterocycles. The Kier molecular flexibility index (Phi) is 6.15. The predicted molar refractivity (Wildman–Crippen MR) is 99.9 cm³/mol. The molecule has 0 fully saturated rings. The first kappa shape index (κ1) is 16.7. The van der Waals surface area contributed by atoms with E-state index in [1.807, 2.05) is 0 Å². The Morgan fingerprint density at radius 1 is 0.818 bits per heavy atom. The van der Waals surface area contributed by atoms with Crippen LogP contribution in [0.3, 0.4) is 0 Å². The van der Waals surface area contributed by atoms with Crippen molar-refractivity contribution in [2.24, 2.45) is 4.99 Å². The molecule has 0 aliphatic rings. The minimum atomic E-state index is -0.640. The zero-order chi connectivity index (χ0) is 15.9. The summed E-state index contributed by atoms with van der Waals surface area (Å²) in [6, 6.07) is 22.0. The molecule has 0 aliphatic carbocycles. The third kappa shape index (κ3) is 4.68. The molecular weight excluding hydrogens is 287 g/mol. The fourth-order valence-electron chi connectivity index (χ4n) is 2.21. The zero-order valence-corrected chi connectivity index (χ0v) is 14.7. The van der Waals surface area contributed by atoms with Gasteiger partial charge in [0.1, 0.15) is 5.58 Å². The van der Waals surface area contributed by atoms with E-state index in [-0.39, 0.29) is 6.04 Å². The molecule has 0 saturated carbocycles. The predicted octanol–water partition coefficient (Wildman–Crippen LogP) is 3.88. The number of rotatable bonds is 5. The molecule has 2 aromatic carbocycles. The van der Waals surface area contributed by atoms with Gasteiger partial charge in [0, 0.05) is 20.0 Å². The van der Waals surface area contributed by atoms with Gasteiger partial charge in [-0.15, -0.1) is 0 Å². The molecule has 22 heavy (non-hydrogen) atoms. The van der Waals surface area contributed by atoms with Crippen LogP contribution in [0.4, 0.5) is 0 Å². The molecule has 0 amide bonds. The summed E-state index contributed by atoms with van der Waals surface area (Å²) in [5.41, 5.74) is 1.11. The first-order valence-electron chi connectivity index (χ1n) is 7.82. The highest BCUT2D eigenvalue weighted by atomic mass is 31.1. The van der Waals surface area contributed by atoms with Crippen molar-refractivity contribution in [1.82, 2.24) is 5.32 Å². The number of amidine groups is 1. The first-order valence-corrected chi connectivity index (χ1v) is 9.16. The van der Waals surface area contributed by atoms with Crippen LogP contribution in [0.2, 0.25) is 0 Å². The Bertz CT molecular complexity index is 552. The number of nitrogens with zero attached hydrogens (tertiary/aromatic N) is 1. The van der Waals surface area contributed by atoms with Gasteiger partial charge in [-0.1, -0.05) is 60.7 Å². The Labute approximate surface area is 135 Å². The molecule has 3 heteroatoms. The minimum Gasteiger partial charge on any atom is -0.367 e. The molecule has 0 bridgehead atoms. The summed E-state index contributed by atoms with van der Waals surface area (Å²) in [5.74, 6) is 0. The SMILES string of the molecule is CC(C)/N=C(/NC(C)C)P(c1ccccc1)c1ccccc1. The molecule has 116 valence electrons. The molecule has 1 N–H and O–H groups in total. The fraction of sp³-hybridized carbons (Fsp3) is 0.316. The Morgan fingerprint density at radius 3 is 1.64 bits per heavy atom. The van der Waals surface area contributed by atoms with Gasteiger partial charge < -0.3 is 5.32 Å². The van der Waals surface area contributed by atoms with Gasteiger partial charge in [-0.25, -0.2) is 0 Å². The Morgan fingerprint density at radius 2 is 1.27 bits per heavy atom. The van der Waals surface area contributed by atoms with E-state index in [4.69, 9.17) is 4.99 Å². The van der Waals surface area contributed by atoms with E-state index >= 15 is 0 Å². The van der Waals surface area contributed by atoms with Crippen LogP contribution in [-0.4, -0.2) is 17.7 Å². The standard InChI is InChI=1S/C19H25N2P/c1-15(2)20-19(21-16(3)4)22(17-11-7-5-8-12-17)18-13-9-6-10-14-18/h5-16H,1-4H3,(H,20,21). The molecule has 2 rings (SSSR count). The summed E-state index contributed by atoms with van der Waals surface area (Å²) >= 11 is 0. The monoisotopic (exact) mass is 312 g/mol. The third-order valence-corrected chi connectivity index (χ3v) is 5.34. The van der Waals surface area contributed by atoms with E-state index in [1.54, 1.807) is 0 Å².